The lowest BCUT2D eigenvalue weighted by atomic mass is 9.73. The van der Waals surface area contributed by atoms with Crippen LogP contribution in [0.25, 0.3) is 0 Å². The first-order chi connectivity index (χ1) is 8.03. The van der Waals surface area contributed by atoms with Crippen molar-refractivity contribution in [1.82, 2.24) is 0 Å². The quantitative estimate of drug-likeness (QED) is 0.776. The van der Waals surface area contributed by atoms with Crippen LogP contribution in [0.15, 0.2) is 0 Å². The number of ether oxygens (including phenoxy) is 2. The van der Waals surface area contributed by atoms with Crippen molar-refractivity contribution in [1.29, 1.82) is 0 Å². The Labute approximate surface area is 105 Å². The molecule has 100 valence electrons. The summed E-state index contributed by atoms with van der Waals surface area (Å²) in [5.74, 6) is 0.784. The average molecular weight is 241 g/mol. The maximum absolute atomic E-state index is 6.07. The first-order valence-electron chi connectivity index (χ1n) is 6.90. The highest BCUT2D eigenvalue weighted by Gasteiger charge is 2.50. The zero-order chi connectivity index (χ0) is 12.5. The molecule has 0 spiro atoms. The zero-order valence-electron chi connectivity index (χ0n) is 11.5. The van der Waals surface area contributed by atoms with Crippen molar-refractivity contribution in [3.05, 3.63) is 0 Å². The number of methoxy groups -OCH3 is 1. The molecule has 17 heavy (non-hydrogen) atoms. The summed E-state index contributed by atoms with van der Waals surface area (Å²) in [6.45, 7) is 5.96. The highest BCUT2D eigenvalue weighted by atomic mass is 16.5. The van der Waals surface area contributed by atoms with Gasteiger partial charge in [-0.05, 0) is 51.9 Å². The van der Waals surface area contributed by atoms with E-state index in [2.05, 4.69) is 13.8 Å². The minimum Gasteiger partial charge on any atom is -0.379 e. The van der Waals surface area contributed by atoms with Gasteiger partial charge in [-0.1, -0.05) is 0 Å². The molecule has 0 aromatic rings. The van der Waals surface area contributed by atoms with Gasteiger partial charge in [0.05, 0.1) is 11.7 Å². The molecule has 2 rings (SSSR count). The van der Waals surface area contributed by atoms with Crippen LogP contribution in [0.4, 0.5) is 0 Å². The van der Waals surface area contributed by atoms with Crippen molar-refractivity contribution in [2.45, 2.75) is 57.7 Å². The third kappa shape index (κ3) is 2.83. The van der Waals surface area contributed by atoms with Gasteiger partial charge in [-0.25, -0.2) is 0 Å². The maximum atomic E-state index is 6.07. The summed E-state index contributed by atoms with van der Waals surface area (Å²) in [5.41, 5.74) is 6.25. The molecule has 1 saturated carbocycles. The van der Waals surface area contributed by atoms with Gasteiger partial charge in [0.15, 0.2) is 0 Å². The molecule has 2 atom stereocenters. The lowest BCUT2D eigenvalue weighted by molar-refractivity contribution is -0.0139. The van der Waals surface area contributed by atoms with Crippen LogP contribution in [0.1, 0.15) is 46.0 Å². The summed E-state index contributed by atoms with van der Waals surface area (Å²) in [7, 11) is 1.79. The fourth-order valence-corrected chi connectivity index (χ4v) is 2.98. The van der Waals surface area contributed by atoms with Crippen LogP contribution in [0.2, 0.25) is 0 Å². The van der Waals surface area contributed by atoms with Crippen LogP contribution in [0, 0.1) is 11.3 Å². The second-order valence-electron chi connectivity index (χ2n) is 6.41. The summed E-state index contributed by atoms with van der Waals surface area (Å²) in [6, 6.07) is 0. The van der Waals surface area contributed by atoms with Gasteiger partial charge in [0.25, 0.3) is 0 Å². The molecule has 2 fully saturated rings. The topological polar surface area (TPSA) is 44.5 Å². The van der Waals surface area contributed by atoms with E-state index in [0.29, 0.717) is 6.10 Å². The minimum absolute atomic E-state index is 0.0428. The van der Waals surface area contributed by atoms with Gasteiger partial charge in [-0.15, -0.1) is 0 Å². The van der Waals surface area contributed by atoms with E-state index >= 15 is 0 Å². The zero-order valence-corrected chi connectivity index (χ0v) is 11.5. The lowest BCUT2D eigenvalue weighted by Crippen LogP contribution is -2.41. The van der Waals surface area contributed by atoms with Gasteiger partial charge in [-0.3, -0.25) is 0 Å². The van der Waals surface area contributed by atoms with Gasteiger partial charge in [-0.2, -0.15) is 0 Å². The van der Waals surface area contributed by atoms with E-state index in [1.54, 1.807) is 7.11 Å². The Morgan fingerprint density at radius 1 is 1.41 bits per heavy atom. The summed E-state index contributed by atoms with van der Waals surface area (Å²) in [4.78, 5) is 0. The van der Waals surface area contributed by atoms with Crippen LogP contribution in [0.3, 0.4) is 0 Å². The molecular weight excluding hydrogens is 214 g/mol. The predicted molar refractivity (Wildman–Crippen MR) is 68.9 cm³/mol. The third-order valence-corrected chi connectivity index (χ3v) is 4.74. The number of rotatable bonds is 6. The second-order valence-corrected chi connectivity index (χ2v) is 6.41. The first-order valence-corrected chi connectivity index (χ1v) is 6.90. The van der Waals surface area contributed by atoms with Crippen molar-refractivity contribution in [2.75, 3.05) is 20.3 Å². The number of nitrogens with two attached hydrogens (primary N) is 1. The van der Waals surface area contributed by atoms with Crippen LogP contribution < -0.4 is 5.73 Å². The van der Waals surface area contributed by atoms with E-state index in [0.717, 1.165) is 38.3 Å². The first kappa shape index (κ1) is 13.3. The molecule has 3 nitrogen and oxygen atoms in total. The van der Waals surface area contributed by atoms with Crippen LogP contribution in [-0.4, -0.2) is 32.0 Å². The van der Waals surface area contributed by atoms with Crippen molar-refractivity contribution < 1.29 is 9.47 Å². The smallest absolute Gasteiger partial charge is 0.0672 e. The SMILES string of the molecule is COC(C)(C)CCC1(CN)CCOC1C1CC1. The third-order valence-electron chi connectivity index (χ3n) is 4.74. The van der Waals surface area contributed by atoms with E-state index in [-0.39, 0.29) is 11.0 Å². The fourth-order valence-electron chi connectivity index (χ4n) is 2.98. The Kier molecular flexibility index (Phi) is 3.81. The Morgan fingerprint density at radius 3 is 2.65 bits per heavy atom. The average Bonchev–Trinajstić information content (AvgIpc) is 3.08. The summed E-state index contributed by atoms with van der Waals surface area (Å²) in [5, 5.41) is 0. The monoisotopic (exact) mass is 241 g/mol. The Morgan fingerprint density at radius 2 is 2.12 bits per heavy atom. The Balaban J connectivity index is 1.98. The largest absolute Gasteiger partial charge is 0.379 e. The van der Waals surface area contributed by atoms with Crippen molar-refractivity contribution in [2.24, 2.45) is 17.1 Å². The molecule has 0 amide bonds. The molecule has 2 aliphatic rings. The highest BCUT2D eigenvalue weighted by molar-refractivity contribution is 5.00. The number of hydrogen-bond acceptors (Lipinski definition) is 3. The molecule has 0 aromatic heterocycles. The van der Waals surface area contributed by atoms with Gasteiger partial charge in [0.1, 0.15) is 0 Å². The maximum Gasteiger partial charge on any atom is 0.0672 e. The van der Waals surface area contributed by atoms with Gasteiger partial charge >= 0.3 is 0 Å². The van der Waals surface area contributed by atoms with Crippen LogP contribution in [-0.2, 0) is 9.47 Å². The molecule has 0 aromatic carbocycles. The van der Waals surface area contributed by atoms with E-state index in [1.165, 1.54) is 12.8 Å². The Bertz CT molecular complexity index is 263. The highest BCUT2D eigenvalue weighted by Crippen LogP contribution is 2.50. The number of hydrogen-bond donors (Lipinski definition) is 1. The molecule has 2 unspecified atom stereocenters. The van der Waals surface area contributed by atoms with Crippen molar-refractivity contribution in [3.8, 4) is 0 Å². The van der Waals surface area contributed by atoms with E-state index in [1.807, 2.05) is 0 Å². The summed E-state index contributed by atoms with van der Waals surface area (Å²) < 4.78 is 11.5. The molecule has 0 radical (unpaired) electrons. The summed E-state index contributed by atoms with van der Waals surface area (Å²) >= 11 is 0. The molecule has 3 heteroatoms. The van der Waals surface area contributed by atoms with Crippen molar-refractivity contribution >= 4 is 0 Å². The van der Waals surface area contributed by atoms with Gasteiger partial charge in [0.2, 0.25) is 0 Å². The van der Waals surface area contributed by atoms with E-state index in [9.17, 15) is 0 Å². The molecular formula is C14H27NO2. The van der Waals surface area contributed by atoms with Crippen LogP contribution in [0.5, 0.6) is 0 Å². The summed E-state index contributed by atoms with van der Waals surface area (Å²) in [6.07, 6.45) is 6.41. The van der Waals surface area contributed by atoms with Crippen molar-refractivity contribution in [3.63, 3.8) is 0 Å². The minimum atomic E-state index is -0.0428. The van der Waals surface area contributed by atoms with E-state index < -0.39 is 0 Å². The van der Waals surface area contributed by atoms with Gasteiger partial charge < -0.3 is 15.2 Å². The molecule has 1 heterocycles. The lowest BCUT2D eigenvalue weighted by Gasteiger charge is -2.36. The molecule has 1 saturated heterocycles. The molecule has 1 aliphatic heterocycles. The Hall–Kier alpha value is -0.120. The second kappa shape index (κ2) is 4.87. The predicted octanol–water partition coefficient (Wildman–Crippen LogP) is 2.34. The molecule has 0 bridgehead atoms. The van der Waals surface area contributed by atoms with Gasteiger partial charge in [0, 0.05) is 25.7 Å². The standard InChI is InChI=1S/C14H27NO2/c1-13(2,16-3)6-7-14(10-15)8-9-17-12(14)11-4-5-11/h11-12H,4-10,15H2,1-3H3. The molecule has 2 N–H and O–H groups in total. The van der Waals surface area contributed by atoms with Crippen LogP contribution >= 0.6 is 0 Å². The fraction of sp³-hybridized carbons (Fsp3) is 1.00. The normalized spacial score (nSPS) is 34.2. The van der Waals surface area contributed by atoms with E-state index in [4.69, 9.17) is 15.2 Å². The molecule has 1 aliphatic carbocycles.